The van der Waals surface area contributed by atoms with E-state index in [1.807, 2.05) is 19.9 Å². The summed E-state index contributed by atoms with van der Waals surface area (Å²) < 4.78 is 0. The number of rotatable bonds is 1. The molecule has 0 unspecified atom stereocenters. The van der Waals surface area contributed by atoms with Crippen molar-refractivity contribution in [3.05, 3.63) is 17.5 Å². The molecule has 38 heavy (non-hydrogen) atoms. The fourth-order valence-electron chi connectivity index (χ4n) is 11.1. The Labute approximate surface area is 226 Å². The molecular weight excluding hydrogens is 474 g/mol. The first kappa shape index (κ1) is 25.9. The summed E-state index contributed by atoms with van der Waals surface area (Å²) in [6.45, 7) is 15.8. The van der Waals surface area contributed by atoms with Gasteiger partial charge in [0.2, 0.25) is 0 Å². The topological polar surface area (TPSA) is 112 Å². The molecule has 6 rings (SSSR count). The van der Waals surface area contributed by atoms with E-state index in [1.54, 1.807) is 0 Å². The Bertz CT molecular complexity index is 1270. The maximum absolute atomic E-state index is 14.6. The fraction of sp³-hybridized carbons (Fsp3) is 0.806. The van der Waals surface area contributed by atoms with Crippen molar-refractivity contribution in [1.29, 1.82) is 5.26 Å². The number of carbonyl (C=O) groups excluding carboxylic acids is 2. The van der Waals surface area contributed by atoms with Crippen LogP contribution in [0.1, 0.15) is 106 Å². The molecule has 4 fully saturated rings. The van der Waals surface area contributed by atoms with E-state index in [2.05, 4.69) is 61.3 Å². The molecule has 204 valence electrons. The summed E-state index contributed by atoms with van der Waals surface area (Å²) in [7, 11) is 0. The van der Waals surface area contributed by atoms with Crippen molar-refractivity contribution in [3.8, 4) is 6.07 Å². The number of Topliss-reactive ketones (excluding diaryl/α,β-unsaturated/α-hetero) is 2. The molecule has 5 aliphatic rings. The third-order valence-electron chi connectivity index (χ3n) is 13.3. The summed E-state index contributed by atoms with van der Waals surface area (Å²) in [5.74, 6) is 1.50. The summed E-state index contributed by atoms with van der Waals surface area (Å²) >= 11 is 0. The Morgan fingerprint density at radius 2 is 1.66 bits per heavy atom. The highest BCUT2D eigenvalue weighted by molar-refractivity contribution is 6.04. The van der Waals surface area contributed by atoms with E-state index < -0.39 is 5.41 Å². The van der Waals surface area contributed by atoms with Crippen LogP contribution in [-0.2, 0) is 15.0 Å². The highest BCUT2D eigenvalue weighted by Gasteiger charge is 2.72. The molecule has 1 heterocycles. The van der Waals surface area contributed by atoms with Crippen LogP contribution in [0.5, 0.6) is 0 Å². The van der Waals surface area contributed by atoms with Gasteiger partial charge in [0.25, 0.3) is 0 Å². The number of tetrazole rings is 1. The quantitative estimate of drug-likeness (QED) is 0.507. The van der Waals surface area contributed by atoms with E-state index in [-0.39, 0.29) is 62.1 Å². The molecule has 8 atom stereocenters. The number of carbonyl (C=O) groups is 2. The number of ketones is 2. The zero-order valence-corrected chi connectivity index (χ0v) is 24.1. The lowest BCUT2D eigenvalue weighted by Crippen LogP contribution is -2.69. The maximum Gasteiger partial charge on any atom is 0.180 e. The third kappa shape index (κ3) is 2.98. The second-order valence-corrected chi connectivity index (χ2v) is 15.6. The highest BCUT2D eigenvalue weighted by atomic mass is 16.1. The van der Waals surface area contributed by atoms with Crippen LogP contribution in [0.3, 0.4) is 0 Å². The smallest absolute Gasteiger partial charge is 0.180 e. The van der Waals surface area contributed by atoms with Crippen molar-refractivity contribution in [2.75, 3.05) is 0 Å². The van der Waals surface area contributed by atoms with Gasteiger partial charge in [-0.25, -0.2) is 0 Å². The minimum atomic E-state index is -0.607. The first-order valence-corrected chi connectivity index (χ1v) is 14.6. The summed E-state index contributed by atoms with van der Waals surface area (Å²) in [5, 5.41) is 25.6. The Balaban J connectivity index is 1.49. The van der Waals surface area contributed by atoms with E-state index in [4.69, 9.17) is 0 Å². The van der Waals surface area contributed by atoms with Gasteiger partial charge in [-0.2, -0.15) is 10.5 Å². The van der Waals surface area contributed by atoms with Crippen molar-refractivity contribution < 1.29 is 9.59 Å². The predicted molar refractivity (Wildman–Crippen MR) is 142 cm³/mol. The van der Waals surface area contributed by atoms with E-state index in [0.29, 0.717) is 12.2 Å². The molecule has 0 spiro atoms. The lowest BCUT2D eigenvalue weighted by molar-refractivity contribution is -0.214. The summed E-state index contributed by atoms with van der Waals surface area (Å²) in [5.41, 5.74) is -0.979. The van der Waals surface area contributed by atoms with Gasteiger partial charge in [-0.05, 0) is 84.4 Å². The average molecular weight is 518 g/mol. The standard InChI is InChI=1S/C31H43N5O2/c1-26(2)10-12-31(25-33-35-36-34-25)13-11-30(7)23(19(31)16-26)20(37)14-22-28(5)15-18(17-32)24(38)27(3,4)21(28)8-9-29(22,30)6/h15,19,21-23H,8-14,16H2,1-7H3,(H,33,34,35,36)/t19-,21-,22+,23-,28-,29+,30+,31-/m0/s1. The summed E-state index contributed by atoms with van der Waals surface area (Å²) in [4.78, 5) is 27.8. The molecule has 1 N–H and O–H groups in total. The molecule has 0 bridgehead atoms. The molecule has 0 saturated heterocycles. The van der Waals surface area contributed by atoms with Crippen LogP contribution in [-0.4, -0.2) is 32.2 Å². The molecule has 1 aromatic heterocycles. The third-order valence-corrected chi connectivity index (χ3v) is 13.3. The summed E-state index contributed by atoms with van der Waals surface area (Å²) in [6.07, 6.45) is 9.47. The number of nitriles is 1. The minimum absolute atomic E-state index is 0.0377. The van der Waals surface area contributed by atoms with Crippen molar-refractivity contribution in [2.45, 2.75) is 105 Å². The molecule has 7 nitrogen and oxygen atoms in total. The van der Waals surface area contributed by atoms with Crippen LogP contribution in [0.4, 0.5) is 0 Å². The van der Waals surface area contributed by atoms with Crippen LogP contribution < -0.4 is 0 Å². The fourth-order valence-corrected chi connectivity index (χ4v) is 11.1. The second-order valence-electron chi connectivity index (χ2n) is 15.6. The van der Waals surface area contributed by atoms with Gasteiger partial charge < -0.3 is 0 Å². The van der Waals surface area contributed by atoms with E-state index in [9.17, 15) is 14.9 Å². The monoisotopic (exact) mass is 517 g/mol. The second kappa shape index (κ2) is 7.64. The van der Waals surface area contributed by atoms with Gasteiger partial charge in [-0.3, -0.25) is 9.59 Å². The van der Waals surface area contributed by atoms with Gasteiger partial charge in [0.05, 0.1) is 5.57 Å². The van der Waals surface area contributed by atoms with Crippen LogP contribution in [0.15, 0.2) is 11.6 Å². The maximum atomic E-state index is 14.6. The molecule has 0 aliphatic heterocycles. The molecule has 4 saturated carbocycles. The van der Waals surface area contributed by atoms with E-state index in [0.717, 1.165) is 50.8 Å². The van der Waals surface area contributed by atoms with E-state index >= 15 is 0 Å². The molecular formula is C31H43N5O2. The SMILES string of the molecule is CC1(C)CC[C@]2(c3nn[nH]n3)CC[C@]3(C)[C@H](C(=O)C[C@@H]4[C@@]5(C)C=C(C#N)C(=O)C(C)(C)[C@@H]5CC[C@]43C)[C@@H]2C1. The van der Waals surface area contributed by atoms with Crippen molar-refractivity contribution in [1.82, 2.24) is 20.6 Å². The van der Waals surface area contributed by atoms with E-state index in [1.165, 1.54) is 0 Å². The average Bonchev–Trinajstić information content (AvgIpc) is 3.38. The minimum Gasteiger partial charge on any atom is -0.299 e. The Morgan fingerprint density at radius 1 is 0.947 bits per heavy atom. The molecule has 0 aromatic carbocycles. The lowest BCUT2D eigenvalue weighted by atomic mass is 9.31. The van der Waals surface area contributed by atoms with Crippen LogP contribution >= 0.6 is 0 Å². The Kier molecular flexibility index (Phi) is 5.20. The Morgan fingerprint density at radius 3 is 2.32 bits per heavy atom. The predicted octanol–water partition coefficient (Wildman–Crippen LogP) is 5.75. The van der Waals surface area contributed by atoms with Gasteiger partial charge >= 0.3 is 0 Å². The van der Waals surface area contributed by atoms with Crippen molar-refractivity contribution in [2.24, 2.45) is 50.7 Å². The first-order chi connectivity index (χ1) is 17.7. The molecule has 5 aliphatic carbocycles. The number of nitrogens with one attached hydrogen (secondary N) is 1. The van der Waals surface area contributed by atoms with Gasteiger partial charge in [0.1, 0.15) is 11.9 Å². The van der Waals surface area contributed by atoms with Crippen molar-refractivity contribution >= 4 is 11.6 Å². The molecule has 7 heteroatoms. The zero-order chi connectivity index (χ0) is 27.5. The number of allylic oxidation sites excluding steroid dienone is 2. The number of aromatic nitrogens is 4. The lowest BCUT2D eigenvalue weighted by Gasteiger charge is -2.71. The van der Waals surface area contributed by atoms with Gasteiger partial charge in [-0.1, -0.05) is 59.8 Å². The number of hydrogen-bond donors (Lipinski definition) is 1. The number of fused-ring (bicyclic) bond motifs is 7. The largest absolute Gasteiger partial charge is 0.299 e. The van der Waals surface area contributed by atoms with Gasteiger partial charge in [0.15, 0.2) is 11.6 Å². The van der Waals surface area contributed by atoms with Crippen LogP contribution in [0.25, 0.3) is 0 Å². The molecule has 0 radical (unpaired) electrons. The summed E-state index contributed by atoms with van der Waals surface area (Å²) in [6, 6.07) is 2.22. The molecule has 0 amide bonds. The van der Waals surface area contributed by atoms with Crippen LogP contribution in [0, 0.1) is 62.1 Å². The normalized spacial score (nSPS) is 47.1. The number of nitrogens with zero attached hydrogens (tertiary/aromatic N) is 4. The van der Waals surface area contributed by atoms with Crippen LogP contribution in [0.2, 0.25) is 0 Å². The number of hydrogen-bond acceptors (Lipinski definition) is 6. The Hall–Kier alpha value is -2.36. The molecule has 1 aromatic rings. The number of H-pyrrole nitrogens is 1. The zero-order valence-electron chi connectivity index (χ0n) is 24.1. The first-order valence-electron chi connectivity index (χ1n) is 14.6. The highest BCUT2D eigenvalue weighted by Crippen LogP contribution is 2.75. The number of aromatic amines is 1. The van der Waals surface area contributed by atoms with Gasteiger partial charge in [-0.15, -0.1) is 10.2 Å². The van der Waals surface area contributed by atoms with Crippen molar-refractivity contribution in [3.63, 3.8) is 0 Å². The van der Waals surface area contributed by atoms with Gasteiger partial charge in [0, 0.05) is 23.2 Å².